The zero-order valence-corrected chi connectivity index (χ0v) is 14.0. The molecule has 7 nitrogen and oxygen atoms in total. The van der Waals surface area contributed by atoms with Crippen molar-refractivity contribution in [2.75, 3.05) is 13.1 Å². The Morgan fingerprint density at radius 3 is 2.44 bits per heavy atom. The van der Waals surface area contributed by atoms with Gasteiger partial charge in [0.15, 0.2) is 0 Å². The SMILES string of the molecule is Cn1cnnc1C1CCN(C(=O)C=Cc2ccc(C(=O)O)cc2)CC1. The molecular formula is C18H20N4O3. The summed E-state index contributed by atoms with van der Waals surface area (Å²) in [6.07, 6.45) is 6.70. The Morgan fingerprint density at radius 2 is 1.88 bits per heavy atom. The van der Waals surface area contributed by atoms with E-state index in [1.54, 1.807) is 30.6 Å². The van der Waals surface area contributed by atoms with E-state index in [0.29, 0.717) is 19.0 Å². The molecule has 7 heteroatoms. The molecule has 1 aliphatic rings. The lowest BCUT2D eigenvalue weighted by Crippen LogP contribution is -2.37. The number of carbonyl (C=O) groups is 2. The quantitative estimate of drug-likeness (QED) is 0.859. The summed E-state index contributed by atoms with van der Waals surface area (Å²) in [5.74, 6) is 0.321. The summed E-state index contributed by atoms with van der Waals surface area (Å²) >= 11 is 0. The Morgan fingerprint density at radius 1 is 1.20 bits per heavy atom. The van der Waals surface area contributed by atoms with Crippen molar-refractivity contribution < 1.29 is 14.7 Å². The third-order valence-electron chi connectivity index (χ3n) is 4.49. The zero-order chi connectivity index (χ0) is 17.8. The Labute approximate surface area is 145 Å². The van der Waals surface area contributed by atoms with Gasteiger partial charge in [0.1, 0.15) is 12.2 Å². The van der Waals surface area contributed by atoms with Crippen molar-refractivity contribution in [1.82, 2.24) is 19.7 Å². The normalized spacial score (nSPS) is 15.6. The number of carboxylic acids is 1. The summed E-state index contributed by atoms with van der Waals surface area (Å²) in [5, 5.41) is 17.0. The molecule has 25 heavy (non-hydrogen) atoms. The van der Waals surface area contributed by atoms with Crippen LogP contribution >= 0.6 is 0 Å². The van der Waals surface area contributed by atoms with Gasteiger partial charge in [0.05, 0.1) is 5.56 Å². The minimum atomic E-state index is -0.961. The first-order chi connectivity index (χ1) is 12.0. The van der Waals surface area contributed by atoms with E-state index in [1.165, 1.54) is 12.1 Å². The van der Waals surface area contributed by atoms with Crippen molar-refractivity contribution in [3.63, 3.8) is 0 Å². The van der Waals surface area contributed by atoms with Gasteiger partial charge < -0.3 is 14.6 Å². The molecule has 1 aromatic heterocycles. The van der Waals surface area contributed by atoms with E-state index in [2.05, 4.69) is 10.2 Å². The highest BCUT2D eigenvalue weighted by molar-refractivity contribution is 5.92. The van der Waals surface area contributed by atoms with E-state index in [9.17, 15) is 9.59 Å². The van der Waals surface area contributed by atoms with Gasteiger partial charge in [-0.1, -0.05) is 12.1 Å². The summed E-state index contributed by atoms with van der Waals surface area (Å²) in [6.45, 7) is 1.39. The predicted molar refractivity (Wildman–Crippen MR) is 92.0 cm³/mol. The second-order valence-electron chi connectivity index (χ2n) is 6.16. The Bertz CT molecular complexity index is 787. The molecular weight excluding hydrogens is 320 g/mol. The molecule has 1 N–H and O–H groups in total. The van der Waals surface area contributed by atoms with Crippen LogP contribution in [-0.2, 0) is 11.8 Å². The van der Waals surface area contributed by atoms with Crippen molar-refractivity contribution in [2.24, 2.45) is 7.05 Å². The van der Waals surface area contributed by atoms with E-state index in [0.717, 1.165) is 24.2 Å². The monoisotopic (exact) mass is 340 g/mol. The van der Waals surface area contributed by atoms with Crippen LogP contribution in [0, 0.1) is 0 Å². The van der Waals surface area contributed by atoms with E-state index in [-0.39, 0.29) is 11.5 Å². The highest BCUT2D eigenvalue weighted by Crippen LogP contribution is 2.26. The molecule has 0 radical (unpaired) electrons. The van der Waals surface area contributed by atoms with Crippen LogP contribution in [0.25, 0.3) is 6.08 Å². The molecule has 0 atom stereocenters. The number of rotatable bonds is 4. The van der Waals surface area contributed by atoms with Crippen LogP contribution in [0.1, 0.15) is 40.5 Å². The smallest absolute Gasteiger partial charge is 0.335 e. The Hall–Kier alpha value is -2.96. The van der Waals surface area contributed by atoms with Gasteiger partial charge in [-0.05, 0) is 36.6 Å². The molecule has 0 saturated carbocycles. The fraction of sp³-hybridized carbons (Fsp3) is 0.333. The van der Waals surface area contributed by atoms with Gasteiger partial charge in [0.2, 0.25) is 5.91 Å². The first-order valence-electron chi connectivity index (χ1n) is 8.19. The van der Waals surface area contributed by atoms with E-state index in [4.69, 9.17) is 5.11 Å². The molecule has 2 aromatic rings. The number of benzene rings is 1. The summed E-state index contributed by atoms with van der Waals surface area (Å²) < 4.78 is 1.93. The Balaban J connectivity index is 1.55. The molecule has 1 amide bonds. The van der Waals surface area contributed by atoms with Gasteiger partial charge in [0, 0.05) is 32.1 Å². The van der Waals surface area contributed by atoms with Gasteiger partial charge >= 0.3 is 5.97 Å². The molecule has 0 aliphatic carbocycles. The van der Waals surface area contributed by atoms with Crippen LogP contribution in [0.15, 0.2) is 36.7 Å². The number of aromatic carboxylic acids is 1. The number of piperidine rings is 1. The van der Waals surface area contributed by atoms with Crippen LogP contribution in [0.5, 0.6) is 0 Å². The molecule has 1 aliphatic heterocycles. The topological polar surface area (TPSA) is 88.3 Å². The van der Waals surface area contributed by atoms with Gasteiger partial charge in [-0.25, -0.2) is 4.79 Å². The summed E-state index contributed by atoms with van der Waals surface area (Å²) in [7, 11) is 1.94. The van der Waals surface area contributed by atoms with E-state index < -0.39 is 5.97 Å². The minimum absolute atomic E-state index is 0.0290. The number of hydrogen-bond donors (Lipinski definition) is 1. The lowest BCUT2D eigenvalue weighted by Gasteiger charge is -2.30. The third kappa shape index (κ3) is 3.93. The lowest BCUT2D eigenvalue weighted by atomic mass is 9.96. The van der Waals surface area contributed by atoms with Gasteiger partial charge in [-0.2, -0.15) is 0 Å². The van der Waals surface area contributed by atoms with Crippen molar-refractivity contribution in [3.8, 4) is 0 Å². The van der Waals surface area contributed by atoms with Crippen molar-refractivity contribution >= 4 is 18.0 Å². The highest BCUT2D eigenvalue weighted by atomic mass is 16.4. The average molecular weight is 340 g/mol. The zero-order valence-electron chi connectivity index (χ0n) is 14.0. The van der Waals surface area contributed by atoms with Gasteiger partial charge in [-0.15, -0.1) is 10.2 Å². The van der Waals surface area contributed by atoms with Crippen LogP contribution in [0.3, 0.4) is 0 Å². The first kappa shape index (κ1) is 16.9. The number of likely N-dealkylation sites (tertiary alicyclic amines) is 1. The predicted octanol–water partition coefficient (Wildman–Crippen LogP) is 1.93. The fourth-order valence-corrected chi connectivity index (χ4v) is 3.03. The number of amides is 1. The number of carbonyl (C=O) groups excluding carboxylic acids is 1. The summed E-state index contributed by atoms with van der Waals surface area (Å²) in [6, 6.07) is 6.43. The second-order valence-corrected chi connectivity index (χ2v) is 6.16. The maximum Gasteiger partial charge on any atom is 0.335 e. The fourth-order valence-electron chi connectivity index (χ4n) is 3.03. The molecule has 3 rings (SSSR count). The van der Waals surface area contributed by atoms with Crippen molar-refractivity contribution in [3.05, 3.63) is 53.6 Å². The standard InChI is InChI=1S/C18H20N4O3/c1-21-12-19-20-17(21)14-8-10-22(11-9-14)16(23)7-4-13-2-5-15(6-3-13)18(24)25/h2-7,12,14H,8-11H2,1H3,(H,24,25). The van der Waals surface area contributed by atoms with Crippen LogP contribution < -0.4 is 0 Å². The molecule has 1 fully saturated rings. The maximum absolute atomic E-state index is 12.3. The molecule has 1 saturated heterocycles. The summed E-state index contributed by atoms with van der Waals surface area (Å²) in [5.41, 5.74) is 1.03. The average Bonchev–Trinajstić information content (AvgIpc) is 3.06. The number of aryl methyl sites for hydroxylation is 1. The van der Waals surface area contributed by atoms with E-state index >= 15 is 0 Å². The van der Waals surface area contributed by atoms with Crippen LogP contribution in [0.4, 0.5) is 0 Å². The molecule has 0 bridgehead atoms. The van der Waals surface area contributed by atoms with Gasteiger partial charge in [0.25, 0.3) is 0 Å². The molecule has 0 unspecified atom stereocenters. The minimum Gasteiger partial charge on any atom is -0.478 e. The molecule has 130 valence electrons. The Kier molecular flexibility index (Phi) is 4.92. The molecule has 0 spiro atoms. The van der Waals surface area contributed by atoms with Crippen LogP contribution in [-0.4, -0.2) is 49.7 Å². The highest BCUT2D eigenvalue weighted by Gasteiger charge is 2.25. The first-order valence-corrected chi connectivity index (χ1v) is 8.19. The number of aromatic nitrogens is 3. The number of carboxylic acid groups (broad SMARTS) is 1. The van der Waals surface area contributed by atoms with Crippen molar-refractivity contribution in [1.29, 1.82) is 0 Å². The third-order valence-corrected chi connectivity index (χ3v) is 4.49. The van der Waals surface area contributed by atoms with Crippen LogP contribution in [0.2, 0.25) is 0 Å². The van der Waals surface area contributed by atoms with Gasteiger partial charge in [-0.3, -0.25) is 4.79 Å². The number of nitrogens with zero attached hydrogens (tertiary/aromatic N) is 4. The number of hydrogen-bond acceptors (Lipinski definition) is 4. The molecule has 2 heterocycles. The maximum atomic E-state index is 12.3. The van der Waals surface area contributed by atoms with E-state index in [1.807, 2.05) is 16.5 Å². The summed E-state index contributed by atoms with van der Waals surface area (Å²) in [4.78, 5) is 25.0. The second kappa shape index (κ2) is 7.29. The largest absolute Gasteiger partial charge is 0.478 e. The lowest BCUT2D eigenvalue weighted by molar-refractivity contribution is -0.127. The van der Waals surface area contributed by atoms with Crippen molar-refractivity contribution in [2.45, 2.75) is 18.8 Å². The molecule has 1 aromatic carbocycles.